The van der Waals surface area contributed by atoms with E-state index in [1.165, 1.54) is 25.8 Å². The number of aliphatic hydroxyl groups is 2. The fourth-order valence-electron chi connectivity index (χ4n) is 10.4. The van der Waals surface area contributed by atoms with Crippen LogP contribution in [0.4, 0.5) is 0 Å². The van der Waals surface area contributed by atoms with Gasteiger partial charge in [-0.3, -0.25) is 9.69 Å². The molecule has 0 bridgehead atoms. The summed E-state index contributed by atoms with van der Waals surface area (Å²) in [5.41, 5.74) is -0.482. The van der Waals surface area contributed by atoms with Crippen LogP contribution in [0.5, 0.6) is 0 Å². The molecule has 2 saturated heterocycles. The van der Waals surface area contributed by atoms with E-state index in [0.29, 0.717) is 53.8 Å². The molecule has 6 aliphatic rings. The van der Waals surface area contributed by atoms with Gasteiger partial charge in [0.15, 0.2) is 0 Å². The highest BCUT2D eigenvalue weighted by molar-refractivity contribution is 5.83. The molecule has 0 spiro atoms. The molecule has 0 radical (unpaired) electrons. The molecule has 4 aliphatic carbocycles. The minimum absolute atomic E-state index is 0.0789. The van der Waals surface area contributed by atoms with Crippen LogP contribution in [-0.4, -0.2) is 51.7 Å². The third kappa shape index (κ3) is 2.93. The zero-order valence-corrected chi connectivity index (χ0v) is 19.8. The Hall–Kier alpha value is -0.450. The van der Waals surface area contributed by atoms with Crippen LogP contribution >= 0.6 is 0 Å². The maximum absolute atomic E-state index is 13.2. The highest BCUT2D eigenvalue weighted by Crippen LogP contribution is 2.66. The number of rotatable bonds is 0. The summed E-state index contributed by atoms with van der Waals surface area (Å²) in [5.74, 6) is 4.82. The number of fused-ring (bicyclic) bond motifs is 8. The maximum Gasteiger partial charge on any atom is 0.136 e. The lowest BCUT2D eigenvalue weighted by Crippen LogP contribution is -2.67. The Balaban J connectivity index is 1.31. The molecule has 4 nitrogen and oxygen atoms in total. The van der Waals surface area contributed by atoms with Crippen molar-refractivity contribution in [3.05, 3.63) is 0 Å². The van der Waals surface area contributed by atoms with Gasteiger partial charge in [0, 0.05) is 31.5 Å². The van der Waals surface area contributed by atoms with Crippen LogP contribution in [0, 0.1) is 52.8 Å². The first kappa shape index (κ1) is 21.1. The van der Waals surface area contributed by atoms with Crippen molar-refractivity contribution in [3.63, 3.8) is 0 Å². The molecule has 12 atom stereocenters. The van der Waals surface area contributed by atoms with Gasteiger partial charge in [0.05, 0.1) is 11.7 Å². The summed E-state index contributed by atoms with van der Waals surface area (Å²) in [7, 11) is 0. The molecule has 6 rings (SSSR count). The predicted molar refractivity (Wildman–Crippen MR) is 120 cm³/mol. The lowest BCUT2D eigenvalue weighted by atomic mass is 9.51. The van der Waals surface area contributed by atoms with Crippen molar-refractivity contribution >= 4 is 5.78 Å². The van der Waals surface area contributed by atoms with Gasteiger partial charge in [0.2, 0.25) is 0 Å². The summed E-state index contributed by atoms with van der Waals surface area (Å²) in [4.78, 5) is 15.9. The molecule has 4 saturated carbocycles. The Morgan fingerprint density at radius 3 is 2.52 bits per heavy atom. The van der Waals surface area contributed by atoms with E-state index in [9.17, 15) is 15.0 Å². The molecule has 2 N–H and O–H groups in total. The standard InChI is InChI=1S/C27H43NO3/c1-15-4-7-25-27(3,31)21-6-5-17-18(20(21)14-28(25)13-15)11-22-19(17)12-24(30)23-10-16(29)8-9-26(22,23)2/h15-23,25,29,31H,4-14H2,1-3H3/t15-,16-,17-,18-,19+,20+,21-,22+,23-,25+,26-,27+/m1/s1. The van der Waals surface area contributed by atoms with E-state index >= 15 is 0 Å². The monoisotopic (exact) mass is 429 g/mol. The molecular weight excluding hydrogens is 386 g/mol. The van der Waals surface area contributed by atoms with Crippen molar-refractivity contribution in [2.45, 2.75) is 96.3 Å². The number of carbonyl (C=O) groups excluding carboxylic acids is 1. The van der Waals surface area contributed by atoms with Crippen molar-refractivity contribution in [2.75, 3.05) is 13.1 Å². The van der Waals surface area contributed by atoms with E-state index in [1.54, 1.807) is 0 Å². The molecule has 0 aromatic rings. The molecule has 0 amide bonds. The molecule has 0 aromatic heterocycles. The van der Waals surface area contributed by atoms with Gasteiger partial charge in [-0.05, 0) is 105 Å². The van der Waals surface area contributed by atoms with E-state index in [0.717, 1.165) is 44.6 Å². The first-order valence-corrected chi connectivity index (χ1v) is 13.4. The van der Waals surface area contributed by atoms with Crippen LogP contribution in [0.1, 0.15) is 78.6 Å². The zero-order chi connectivity index (χ0) is 21.7. The molecule has 6 fully saturated rings. The molecule has 2 aliphatic heterocycles. The van der Waals surface area contributed by atoms with E-state index < -0.39 is 5.60 Å². The molecule has 0 unspecified atom stereocenters. The average molecular weight is 430 g/mol. The first-order valence-electron chi connectivity index (χ1n) is 13.4. The summed E-state index contributed by atoms with van der Waals surface area (Å²) in [6, 6.07) is 0.341. The van der Waals surface area contributed by atoms with Crippen molar-refractivity contribution < 1.29 is 15.0 Å². The Labute approximate surface area is 188 Å². The summed E-state index contributed by atoms with van der Waals surface area (Å²) < 4.78 is 0. The van der Waals surface area contributed by atoms with E-state index in [-0.39, 0.29) is 17.4 Å². The summed E-state index contributed by atoms with van der Waals surface area (Å²) >= 11 is 0. The smallest absolute Gasteiger partial charge is 0.136 e. The van der Waals surface area contributed by atoms with Crippen molar-refractivity contribution in [3.8, 4) is 0 Å². The number of nitrogens with zero attached hydrogens (tertiary/aromatic N) is 1. The topological polar surface area (TPSA) is 60.8 Å². The quantitative estimate of drug-likeness (QED) is 0.613. The number of piperidine rings is 2. The predicted octanol–water partition coefficient (Wildman–Crippen LogP) is 3.89. The highest BCUT2D eigenvalue weighted by atomic mass is 16.3. The molecule has 174 valence electrons. The van der Waals surface area contributed by atoms with Gasteiger partial charge >= 0.3 is 0 Å². The van der Waals surface area contributed by atoms with Crippen molar-refractivity contribution in [2.24, 2.45) is 52.8 Å². The Bertz CT molecular complexity index is 751. The van der Waals surface area contributed by atoms with Gasteiger partial charge in [0.1, 0.15) is 5.78 Å². The Morgan fingerprint density at radius 1 is 0.903 bits per heavy atom. The van der Waals surface area contributed by atoms with Gasteiger partial charge in [-0.1, -0.05) is 13.8 Å². The lowest BCUT2D eigenvalue weighted by molar-refractivity contribution is -0.175. The van der Waals surface area contributed by atoms with E-state index in [1.807, 2.05) is 0 Å². The summed E-state index contributed by atoms with van der Waals surface area (Å²) in [6.07, 6.45) is 9.08. The second kappa shape index (κ2) is 7.03. The SMILES string of the molecule is C[C@@H]1CC[C@@H]2N(C1)C[C@H]1[C@@H]3C[C@H]4[C@@H](CC(=O)[C@H]5C[C@H](O)CC[C@@]54C)[C@@H]3CC[C@H]1[C@]2(C)O. The summed E-state index contributed by atoms with van der Waals surface area (Å²) in [6.45, 7) is 9.23. The molecular formula is C27H43NO3. The number of Topliss-reactive ketones (excluding diaryl/α,β-unsaturated/α-hetero) is 1. The second-order valence-electron chi connectivity index (χ2n) is 13.2. The number of aliphatic hydroxyl groups excluding tert-OH is 1. The third-order valence-corrected chi connectivity index (χ3v) is 11.8. The minimum atomic E-state index is -0.570. The average Bonchev–Trinajstić information content (AvgIpc) is 3.09. The van der Waals surface area contributed by atoms with Gasteiger partial charge in [-0.15, -0.1) is 0 Å². The number of ketones is 1. The van der Waals surface area contributed by atoms with E-state index in [4.69, 9.17) is 0 Å². The van der Waals surface area contributed by atoms with E-state index in [2.05, 4.69) is 25.7 Å². The molecule has 4 heteroatoms. The Morgan fingerprint density at radius 2 is 1.71 bits per heavy atom. The van der Waals surface area contributed by atoms with Crippen LogP contribution in [0.15, 0.2) is 0 Å². The second-order valence-corrected chi connectivity index (χ2v) is 13.2. The normalized spacial score (nSPS) is 59.2. The van der Waals surface area contributed by atoms with Crippen LogP contribution in [0.3, 0.4) is 0 Å². The molecule has 2 heterocycles. The molecule has 31 heavy (non-hydrogen) atoms. The highest BCUT2D eigenvalue weighted by Gasteiger charge is 2.64. The number of hydrogen-bond donors (Lipinski definition) is 2. The fraction of sp³-hybridized carbons (Fsp3) is 0.963. The van der Waals surface area contributed by atoms with Crippen LogP contribution in [0.2, 0.25) is 0 Å². The number of carbonyl (C=O) groups is 1. The maximum atomic E-state index is 13.2. The van der Waals surface area contributed by atoms with Crippen molar-refractivity contribution in [1.82, 2.24) is 4.90 Å². The van der Waals surface area contributed by atoms with Crippen LogP contribution in [0.25, 0.3) is 0 Å². The fourth-order valence-corrected chi connectivity index (χ4v) is 10.4. The van der Waals surface area contributed by atoms with Gasteiger partial charge in [-0.25, -0.2) is 0 Å². The largest absolute Gasteiger partial charge is 0.393 e. The molecule has 0 aromatic carbocycles. The van der Waals surface area contributed by atoms with Crippen molar-refractivity contribution in [1.29, 1.82) is 0 Å². The van der Waals surface area contributed by atoms with Gasteiger partial charge < -0.3 is 10.2 Å². The first-order chi connectivity index (χ1) is 14.7. The third-order valence-electron chi connectivity index (χ3n) is 11.8. The van der Waals surface area contributed by atoms with Crippen LogP contribution < -0.4 is 0 Å². The Kier molecular flexibility index (Phi) is 4.78. The minimum Gasteiger partial charge on any atom is -0.393 e. The van der Waals surface area contributed by atoms with Gasteiger partial charge in [-0.2, -0.15) is 0 Å². The lowest BCUT2D eigenvalue weighted by Gasteiger charge is -2.59. The number of hydrogen-bond acceptors (Lipinski definition) is 4. The van der Waals surface area contributed by atoms with Gasteiger partial charge in [0.25, 0.3) is 0 Å². The van der Waals surface area contributed by atoms with Crippen LogP contribution in [-0.2, 0) is 4.79 Å². The summed E-state index contributed by atoms with van der Waals surface area (Å²) in [5, 5.41) is 22.1. The zero-order valence-electron chi connectivity index (χ0n) is 19.8.